The van der Waals surface area contributed by atoms with Gasteiger partial charge in [-0.25, -0.2) is 10.2 Å². The van der Waals surface area contributed by atoms with E-state index in [-0.39, 0.29) is 5.02 Å². The van der Waals surface area contributed by atoms with Gasteiger partial charge in [-0.05, 0) is 66.2 Å². The number of esters is 1. The maximum absolute atomic E-state index is 12.8. The second-order valence-electron chi connectivity index (χ2n) is 7.37. The third-order valence-electron chi connectivity index (χ3n) is 5.08. The summed E-state index contributed by atoms with van der Waals surface area (Å²) in [7, 11) is 0. The molecule has 8 heteroatoms. The molecule has 6 nitrogen and oxygen atoms in total. The van der Waals surface area contributed by atoms with Crippen molar-refractivity contribution in [2.24, 2.45) is 5.10 Å². The third-order valence-corrected chi connectivity index (χ3v) is 5.81. The zero-order valence-corrected chi connectivity index (χ0v) is 20.1. The Balaban J connectivity index is 1.59. The van der Waals surface area contributed by atoms with Gasteiger partial charge in [0.25, 0.3) is 5.91 Å². The lowest BCUT2D eigenvalue weighted by atomic mass is 10.0. The van der Waals surface area contributed by atoms with E-state index >= 15 is 0 Å². The van der Waals surface area contributed by atoms with Crippen molar-refractivity contribution in [1.29, 1.82) is 0 Å². The standard InChI is InChI=1S/C27H20Cl2N2O4/c1-2-34-20-11-7-18(8-12-20)27(33)35-25-14-10-17-5-3-4-6-21(17)22(25)16-30-31-26(32)19-9-13-23(28)24(29)15-19/h3-16H,2H2,1H3,(H,31,32)/b30-16-. The molecule has 0 saturated carbocycles. The van der Waals surface area contributed by atoms with E-state index in [0.717, 1.165) is 10.8 Å². The topological polar surface area (TPSA) is 77.0 Å². The first kappa shape index (κ1) is 24.3. The van der Waals surface area contributed by atoms with Crippen molar-refractivity contribution in [1.82, 2.24) is 5.43 Å². The number of hydrazone groups is 1. The van der Waals surface area contributed by atoms with Crippen LogP contribution in [0, 0.1) is 0 Å². The molecule has 4 rings (SSSR count). The fourth-order valence-corrected chi connectivity index (χ4v) is 3.67. The fourth-order valence-electron chi connectivity index (χ4n) is 3.37. The molecule has 0 atom stereocenters. The van der Waals surface area contributed by atoms with Gasteiger partial charge in [-0.3, -0.25) is 4.79 Å². The number of carbonyl (C=O) groups is 2. The van der Waals surface area contributed by atoms with Gasteiger partial charge in [-0.15, -0.1) is 0 Å². The van der Waals surface area contributed by atoms with Crippen molar-refractivity contribution in [2.45, 2.75) is 6.92 Å². The van der Waals surface area contributed by atoms with Crippen LogP contribution in [0.5, 0.6) is 11.5 Å². The van der Waals surface area contributed by atoms with Crippen LogP contribution >= 0.6 is 23.2 Å². The highest BCUT2D eigenvalue weighted by Gasteiger charge is 2.14. The van der Waals surface area contributed by atoms with Crippen molar-refractivity contribution in [3.63, 3.8) is 0 Å². The molecule has 1 N–H and O–H groups in total. The van der Waals surface area contributed by atoms with Gasteiger partial charge >= 0.3 is 5.97 Å². The number of rotatable bonds is 7. The molecular weight excluding hydrogens is 487 g/mol. The molecule has 0 aromatic heterocycles. The van der Waals surface area contributed by atoms with Gasteiger partial charge in [0.1, 0.15) is 11.5 Å². The molecule has 35 heavy (non-hydrogen) atoms. The minimum absolute atomic E-state index is 0.265. The van der Waals surface area contributed by atoms with E-state index < -0.39 is 11.9 Å². The number of hydrogen-bond donors (Lipinski definition) is 1. The van der Waals surface area contributed by atoms with Crippen molar-refractivity contribution < 1.29 is 19.1 Å². The van der Waals surface area contributed by atoms with Gasteiger partial charge < -0.3 is 9.47 Å². The molecule has 0 heterocycles. The summed E-state index contributed by atoms with van der Waals surface area (Å²) >= 11 is 11.9. The Morgan fingerprint density at radius 3 is 2.40 bits per heavy atom. The molecule has 0 aliphatic carbocycles. The third kappa shape index (κ3) is 5.80. The van der Waals surface area contributed by atoms with E-state index in [1.807, 2.05) is 37.3 Å². The minimum Gasteiger partial charge on any atom is -0.494 e. The number of fused-ring (bicyclic) bond motifs is 1. The zero-order valence-electron chi connectivity index (χ0n) is 18.6. The van der Waals surface area contributed by atoms with Crippen LogP contribution in [0.2, 0.25) is 10.0 Å². The highest BCUT2D eigenvalue weighted by molar-refractivity contribution is 6.42. The van der Waals surface area contributed by atoms with Crippen LogP contribution in [0.15, 0.2) is 84.0 Å². The number of benzene rings is 4. The van der Waals surface area contributed by atoms with E-state index in [4.69, 9.17) is 32.7 Å². The van der Waals surface area contributed by atoms with E-state index in [1.54, 1.807) is 36.4 Å². The summed E-state index contributed by atoms with van der Waals surface area (Å²) in [5, 5.41) is 6.42. The van der Waals surface area contributed by atoms with Crippen LogP contribution in [-0.2, 0) is 0 Å². The lowest BCUT2D eigenvalue weighted by molar-refractivity contribution is 0.0734. The van der Waals surface area contributed by atoms with Crippen LogP contribution in [0.1, 0.15) is 33.2 Å². The molecule has 0 fully saturated rings. The average Bonchev–Trinajstić information content (AvgIpc) is 2.87. The molecule has 0 aliphatic heterocycles. The van der Waals surface area contributed by atoms with Crippen molar-refractivity contribution in [2.75, 3.05) is 6.61 Å². The van der Waals surface area contributed by atoms with Crippen LogP contribution in [0.25, 0.3) is 10.8 Å². The summed E-state index contributed by atoms with van der Waals surface area (Å²) in [5.41, 5.74) is 3.68. The van der Waals surface area contributed by atoms with Gasteiger partial charge in [-0.2, -0.15) is 5.10 Å². The average molecular weight is 507 g/mol. The van der Waals surface area contributed by atoms with Gasteiger partial charge in [0.2, 0.25) is 0 Å². The Hall–Kier alpha value is -3.87. The lowest BCUT2D eigenvalue weighted by Gasteiger charge is -2.11. The first-order valence-corrected chi connectivity index (χ1v) is 11.5. The second-order valence-corrected chi connectivity index (χ2v) is 8.19. The fraction of sp³-hybridized carbons (Fsp3) is 0.0741. The Kier molecular flexibility index (Phi) is 7.65. The molecule has 4 aromatic carbocycles. The number of hydrogen-bond acceptors (Lipinski definition) is 5. The van der Waals surface area contributed by atoms with Crippen LogP contribution in [0.3, 0.4) is 0 Å². The molecule has 1 amide bonds. The summed E-state index contributed by atoms with van der Waals surface area (Å²) in [6.45, 7) is 2.42. The van der Waals surface area contributed by atoms with Gasteiger partial charge in [0.15, 0.2) is 0 Å². The number of ether oxygens (including phenoxy) is 2. The monoisotopic (exact) mass is 506 g/mol. The minimum atomic E-state index is -0.530. The molecular formula is C27H20Cl2N2O4. The lowest BCUT2D eigenvalue weighted by Crippen LogP contribution is -2.17. The maximum Gasteiger partial charge on any atom is 0.343 e. The molecule has 0 spiro atoms. The molecule has 0 unspecified atom stereocenters. The van der Waals surface area contributed by atoms with Gasteiger partial charge in [0, 0.05) is 11.1 Å². The molecule has 176 valence electrons. The number of halogens is 2. The molecule has 0 bridgehead atoms. The highest BCUT2D eigenvalue weighted by atomic mass is 35.5. The number of nitrogens with zero attached hydrogens (tertiary/aromatic N) is 1. The zero-order chi connectivity index (χ0) is 24.8. The molecule has 0 aliphatic rings. The molecule has 0 saturated heterocycles. The summed E-state index contributed by atoms with van der Waals surface area (Å²) in [5.74, 6) is -0.0266. The van der Waals surface area contributed by atoms with E-state index in [2.05, 4.69) is 10.5 Å². The number of carbonyl (C=O) groups excluding carboxylic acids is 2. The Labute approximate surface area is 212 Å². The van der Waals surface area contributed by atoms with Crippen molar-refractivity contribution in [3.8, 4) is 11.5 Å². The Morgan fingerprint density at radius 1 is 0.914 bits per heavy atom. The summed E-state index contributed by atoms with van der Waals surface area (Å²) in [4.78, 5) is 25.3. The Bertz CT molecular complexity index is 1420. The molecule has 0 radical (unpaired) electrons. The highest BCUT2D eigenvalue weighted by Crippen LogP contribution is 2.28. The van der Waals surface area contributed by atoms with E-state index in [0.29, 0.717) is 39.8 Å². The van der Waals surface area contributed by atoms with Gasteiger partial charge in [-0.1, -0.05) is 53.5 Å². The van der Waals surface area contributed by atoms with Crippen LogP contribution in [-0.4, -0.2) is 24.7 Å². The van der Waals surface area contributed by atoms with E-state index in [1.165, 1.54) is 18.3 Å². The van der Waals surface area contributed by atoms with Crippen LogP contribution < -0.4 is 14.9 Å². The van der Waals surface area contributed by atoms with Crippen molar-refractivity contribution >= 4 is 52.1 Å². The largest absolute Gasteiger partial charge is 0.494 e. The van der Waals surface area contributed by atoms with Crippen LogP contribution in [0.4, 0.5) is 0 Å². The van der Waals surface area contributed by atoms with Gasteiger partial charge in [0.05, 0.1) is 28.4 Å². The number of nitrogens with one attached hydrogen (secondary N) is 1. The summed E-state index contributed by atoms with van der Waals surface area (Å²) in [6, 6.07) is 22.3. The molecule has 4 aromatic rings. The predicted octanol–water partition coefficient (Wildman–Crippen LogP) is 6.53. The smallest absolute Gasteiger partial charge is 0.343 e. The number of amides is 1. The summed E-state index contributed by atoms with van der Waals surface area (Å²) < 4.78 is 11.1. The first-order chi connectivity index (χ1) is 17.0. The van der Waals surface area contributed by atoms with Crippen molar-refractivity contribution in [3.05, 3.63) is 106 Å². The maximum atomic E-state index is 12.8. The second kappa shape index (κ2) is 11.0. The summed E-state index contributed by atoms with van der Waals surface area (Å²) in [6.07, 6.45) is 1.44. The SMILES string of the molecule is CCOc1ccc(C(=O)Oc2ccc3ccccc3c2/C=N\NC(=O)c2ccc(Cl)c(Cl)c2)cc1. The Morgan fingerprint density at radius 2 is 1.66 bits per heavy atom. The quantitative estimate of drug-likeness (QED) is 0.134. The van der Waals surface area contributed by atoms with E-state index in [9.17, 15) is 9.59 Å². The predicted molar refractivity (Wildman–Crippen MR) is 138 cm³/mol. The normalized spacial score (nSPS) is 10.9. The first-order valence-electron chi connectivity index (χ1n) is 10.7.